The first-order valence-electron chi connectivity index (χ1n) is 7.35. The minimum absolute atomic E-state index is 0.107. The van der Waals surface area contributed by atoms with Gasteiger partial charge in [-0.05, 0) is 24.8 Å². The molecule has 1 aromatic carbocycles. The zero-order valence-electron chi connectivity index (χ0n) is 12.3. The van der Waals surface area contributed by atoms with Gasteiger partial charge in [0.05, 0.1) is 5.75 Å². The summed E-state index contributed by atoms with van der Waals surface area (Å²) >= 11 is 0. The second-order valence-corrected chi connectivity index (χ2v) is 7.33. The molecule has 6 heteroatoms. The molecule has 0 radical (unpaired) electrons. The maximum Gasteiger partial charge on any atom is 0.238 e. The smallest absolute Gasteiger partial charge is 0.238 e. The van der Waals surface area contributed by atoms with E-state index in [1.807, 2.05) is 37.3 Å². The Morgan fingerprint density at radius 3 is 2.71 bits per heavy atom. The van der Waals surface area contributed by atoms with Crippen molar-refractivity contribution in [1.82, 2.24) is 9.62 Å². The highest BCUT2D eigenvalue weighted by atomic mass is 32.2. The monoisotopic (exact) mass is 310 g/mol. The van der Waals surface area contributed by atoms with Crippen LogP contribution < -0.4 is 5.32 Å². The standard InChI is InChI=1S/C15H22N2O3S/c1-2-11-21(19,20)17-10-6-9-14(17)15(18)16-12-13-7-4-3-5-8-13/h3-5,7-8,14H,2,6,9-12H2,1H3,(H,16,18)/t14-/m1/s1. The SMILES string of the molecule is CCCS(=O)(=O)N1CCC[C@@H]1C(=O)NCc1ccccc1. The Morgan fingerprint density at radius 2 is 2.05 bits per heavy atom. The fraction of sp³-hybridized carbons (Fsp3) is 0.533. The number of sulfonamides is 1. The normalized spacial score (nSPS) is 19.6. The van der Waals surface area contributed by atoms with Crippen LogP contribution in [0.2, 0.25) is 0 Å². The predicted octanol–water partition coefficient (Wildman–Crippen LogP) is 1.51. The maximum atomic E-state index is 12.3. The number of benzene rings is 1. The van der Waals surface area contributed by atoms with Gasteiger partial charge in [-0.2, -0.15) is 4.31 Å². The molecule has 1 heterocycles. The summed E-state index contributed by atoms with van der Waals surface area (Å²) in [5, 5.41) is 2.84. The number of carbonyl (C=O) groups is 1. The lowest BCUT2D eigenvalue weighted by molar-refractivity contribution is -0.124. The van der Waals surface area contributed by atoms with Crippen LogP contribution in [0.3, 0.4) is 0 Å². The molecule has 0 aliphatic carbocycles. The van der Waals surface area contributed by atoms with Gasteiger partial charge in [0.15, 0.2) is 0 Å². The summed E-state index contributed by atoms with van der Waals surface area (Å²) in [7, 11) is -3.31. The van der Waals surface area contributed by atoms with E-state index in [9.17, 15) is 13.2 Å². The number of amides is 1. The average molecular weight is 310 g/mol. The van der Waals surface area contributed by atoms with E-state index in [1.165, 1.54) is 4.31 Å². The molecule has 1 atom stereocenters. The molecule has 0 spiro atoms. The number of rotatable bonds is 6. The van der Waals surface area contributed by atoms with E-state index in [-0.39, 0.29) is 11.7 Å². The van der Waals surface area contributed by atoms with Gasteiger partial charge >= 0.3 is 0 Å². The van der Waals surface area contributed by atoms with Gasteiger partial charge in [-0.15, -0.1) is 0 Å². The van der Waals surface area contributed by atoms with Crippen molar-refractivity contribution in [3.05, 3.63) is 35.9 Å². The summed E-state index contributed by atoms with van der Waals surface area (Å²) in [6.45, 7) is 2.71. The summed E-state index contributed by atoms with van der Waals surface area (Å²) < 4.78 is 25.7. The molecule has 0 bridgehead atoms. The van der Waals surface area contributed by atoms with Crippen molar-refractivity contribution in [2.45, 2.75) is 38.8 Å². The Hall–Kier alpha value is -1.40. The van der Waals surface area contributed by atoms with Gasteiger partial charge in [0.2, 0.25) is 15.9 Å². The summed E-state index contributed by atoms with van der Waals surface area (Å²) in [5.41, 5.74) is 1.01. The highest BCUT2D eigenvalue weighted by Gasteiger charge is 2.37. The summed E-state index contributed by atoms with van der Waals surface area (Å²) in [6, 6.07) is 9.05. The quantitative estimate of drug-likeness (QED) is 0.866. The van der Waals surface area contributed by atoms with Crippen LogP contribution in [-0.2, 0) is 21.4 Å². The summed E-state index contributed by atoms with van der Waals surface area (Å²) in [5.74, 6) is -0.0915. The lowest BCUT2D eigenvalue weighted by atomic mass is 10.2. The Balaban J connectivity index is 1.98. The molecule has 1 N–H and O–H groups in total. The molecule has 1 aromatic rings. The zero-order valence-corrected chi connectivity index (χ0v) is 13.1. The van der Waals surface area contributed by atoms with Gasteiger partial charge in [-0.25, -0.2) is 8.42 Å². The second-order valence-electron chi connectivity index (χ2n) is 5.29. The molecule has 5 nitrogen and oxygen atoms in total. The van der Waals surface area contributed by atoms with Gasteiger partial charge in [-0.3, -0.25) is 4.79 Å². The average Bonchev–Trinajstić information content (AvgIpc) is 2.96. The largest absolute Gasteiger partial charge is 0.351 e. The van der Waals surface area contributed by atoms with Gasteiger partial charge < -0.3 is 5.32 Å². The zero-order chi connectivity index (χ0) is 15.3. The fourth-order valence-electron chi connectivity index (χ4n) is 2.61. The lowest BCUT2D eigenvalue weighted by Crippen LogP contribution is -2.46. The fourth-order valence-corrected chi connectivity index (χ4v) is 4.36. The second kappa shape index (κ2) is 7.04. The van der Waals surface area contributed by atoms with Crippen molar-refractivity contribution in [2.24, 2.45) is 0 Å². The molecule has 0 unspecified atom stereocenters. The number of nitrogens with one attached hydrogen (secondary N) is 1. The molecule has 1 amide bonds. The van der Waals surface area contributed by atoms with Crippen molar-refractivity contribution in [3.63, 3.8) is 0 Å². The highest BCUT2D eigenvalue weighted by Crippen LogP contribution is 2.22. The van der Waals surface area contributed by atoms with E-state index >= 15 is 0 Å². The molecule has 2 rings (SSSR count). The Bertz CT molecular complexity index is 572. The van der Waals surface area contributed by atoms with Crippen molar-refractivity contribution < 1.29 is 13.2 Å². The van der Waals surface area contributed by atoms with Crippen LogP contribution in [0.5, 0.6) is 0 Å². The molecule has 21 heavy (non-hydrogen) atoms. The van der Waals surface area contributed by atoms with Crippen LogP contribution in [0.1, 0.15) is 31.7 Å². The molecule has 1 saturated heterocycles. The van der Waals surface area contributed by atoms with E-state index in [0.717, 1.165) is 12.0 Å². The van der Waals surface area contributed by atoms with Crippen LogP contribution in [0.25, 0.3) is 0 Å². The summed E-state index contributed by atoms with van der Waals surface area (Å²) in [4.78, 5) is 12.3. The van der Waals surface area contributed by atoms with Crippen LogP contribution in [0, 0.1) is 0 Å². The third-order valence-electron chi connectivity index (χ3n) is 3.64. The third-order valence-corrected chi connectivity index (χ3v) is 5.71. The van der Waals surface area contributed by atoms with E-state index in [4.69, 9.17) is 0 Å². The van der Waals surface area contributed by atoms with Gasteiger partial charge in [0.25, 0.3) is 0 Å². The summed E-state index contributed by atoms with van der Waals surface area (Å²) in [6.07, 6.45) is 1.91. The Morgan fingerprint density at radius 1 is 1.33 bits per heavy atom. The van der Waals surface area contributed by atoms with Crippen LogP contribution >= 0.6 is 0 Å². The van der Waals surface area contributed by atoms with E-state index in [1.54, 1.807) is 0 Å². The Kier molecular flexibility index (Phi) is 5.36. The highest BCUT2D eigenvalue weighted by molar-refractivity contribution is 7.89. The van der Waals surface area contributed by atoms with Crippen LogP contribution in [-0.4, -0.2) is 37.0 Å². The Labute approximate surface area is 126 Å². The van der Waals surface area contributed by atoms with E-state index in [2.05, 4.69) is 5.32 Å². The molecule has 116 valence electrons. The number of nitrogens with zero attached hydrogens (tertiary/aromatic N) is 1. The molecule has 0 saturated carbocycles. The molecular weight excluding hydrogens is 288 g/mol. The van der Waals surface area contributed by atoms with Crippen LogP contribution in [0.4, 0.5) is 0 Å². The molecular formula is C15H22N2O3S. The topological polar surface area (TPSA) is 66.5 Å². The predicted molar refractivity (Wildman–Crippen MR) is 82.1 cm³/mol. The third kappa shape index (κ3) is 4.04. The first-order chi connectivity index (χ1) is 10.0. The molecule has 1 fully saturated rings. The van der Waals surface area contributed by atoms with Crippen molar-refractivity contribution in [3.8, 4) is 0 Å². The number of hydrogen-bond donors (Lipinski definition) is 1. The first kappa shape index (κ1) is 16.0. The van der Waals surface area contributed by atoms with E-state index in [0.29, 0.717) is 25.9 Å². The van der Waals surface area contributed by atoms with Crippen molar-refractivity contribution in [1.29, 1.82) is 0 Å². The number of hydrogen-bond acceptors (Lipinski definition) is 3. The molecule has 1 aliphatic rings. The number of carbonyl (C=O) groups excluding carboxylic acids is 1. The van der Waals surface area contributed by atoms with E-state index < -0.39 is 16.1 Å². The lowest BCUT2D eigenvalue weighted by Gasteiger charge is -2.23. The van der Waals surface area contributed by atoms with Crippen molar-refractivity contribution >= 4 is 15.9 Å². The van der Waals surface area contributed by atoms with Gasteiger partial charge in [0.1, 0.15) is 6.04 Å². The molecule has 1 aliphatic heterocycles. The minimum Gasteiger partial charge on any atom is -0.351 e. The van der Waals surface area contributed by atoms with Gasteiger partial charge in [-0.1, -0.05) is 37.3 Å². The molecule has 0 aromatic heterocycles. The van der Waals surface area contributed by atoms with Crippen LogP contribution in [0.15, 0.2) is 30.3 Å². The van der Waals surface area contributed by atoms with Gasteiger partial charge in [0, 0.05) is 13.1 Å². The van der Waals surface area contributed by atoms with Crippen molar-refractivity contribution in [2.75, 3.05) is 12.3 Å². The minimum atomic E-state index is -3.31. The maximum absolute atomic E-state index is 12.3. The first-order valence-corrected chi connectivity index (χ1v) is 8.96.